The molecule has 0 aliphatic carbocycles. The van der Waals surface area contributed by atoms with E-state index in [-0.39, 0.29) is 17.7 Å². The number of carbonyl (C=O) groups excluding carboxylic acids is 2. The average Bonchev–Trinajstić information content (AvgIpc) is 3.11. The number of unbranched alkanes of at least 4 members (excludes halogenated alkanes) is 4. The molecule has 0 saturated carbocycles. The van der Waals surface area contributed by atoms with Crippen molar-refractivity contribution < 1.29 is 28.5 Å². The van der Waals surface area contributed by atoms with Crippen molar-refractivity contribution in [3.05, 3.63) is 12.8 Å². The van der Waals surface area contributed by atoms with Gasteiger partial charge in [-0.05, 0) is 49.4 Å². The van der Waals surface area contributed by atoms with Crippen molar-refractivity contribution in [3.63, 3.8) is 0 Å². The van der Waals surface area contributed by atoms with Crippen LogP contribution in [0.4, 0.5) is 0 Å². The fourth-order valence-electron chi connectivity index (χ4n) is 4.83. The van der Waals surface area contributed by atoms with Crippen molar-refractivity contribution in [2.45, 2.75) is 158 Å². The first-order valence-electron chi connectivity index (χ1n) is 19.6. The van der Waals surface area contributed by atoms with Gasteiger partial charge in [0.05, 0.1) is 44.2 Å². The zero-order valence-corrected chi connectivity index (χ0v) is 34.6. The van der Waals surface area contributed by atoms with E-state index in [1.165, 1.54) is 83.3 Å². The second-order valence-electron chi connectivity index (χ2n) is 12.8. The number of thioether (sulfide) groups is 1. The average molecular weight is 721 g/mol. The molecule has 0 aliphatic rings. The summed E-state index contributed by atoms with van der Waals surface area (Å²) in [6.07, 6.45) is 21.0. The number of rotatable bonds is 31. The van der Waals surface area contributed by atoms with Crippen molar-refractivity contribution in [2.75, 3.05) is 50.3 Å². The van der Waals surface area contributed by atoms with Crippen molar-refractivity contribution in [3.8, 4) is 0 Å². The summed E-state index contributed by atoms with van der Waals surface area (Å²) in [4.78, 5) is 22.6. The summed E-state index contributed by atoms with van der Waals surface area (Å²) in [6, 6.07) is 0. The lowest BCUT2D eigenvalue weighted by molar-refractivity contribution is -0.142. The summed E-state index contributed by atoms with van der Waals surface area (Å²) in [5, 5.41) is 0. The van der Waals surface area contributed by atoms with Gasteiger partial charge >= 0.3 is 11.9 Å². The number of carbonyl (C=O) groups is 2. The van der Waals surface area contributed by atoms with Gasteiger partial charge in [0, 0.05) is 12.4 Å². The number of esters is 2. The monoisotopic (exact) mass is 721 g/mol. The van der Waals surface area contributed by atoms with Gasteiger partial charge < -0.3 is 18.9 Å². The van der Waals surface area contributed by atoms with E-state index in [1.807, 2.05) is 0 Å². The first-order valence-corrected chi connectivity index (χ1v) is 21.3. The van der Waals surface area contributed by atoms with Gasteiger partial charge in [-0.15, -0.1) is 11.8 Å². The van der Waals surface area contributed by atoms with Crippen molar-refractivity contribution in [1.82, 2.24) is 0 Å². The van der Waals surface area contributed by atoms with Crippen LogP contribution in [0.3, 0.4) is 0 Å². The molecule has 0 spiro atoms. The van der Waals surface area contributed by atoms with Crippen LogP contribution in [0.25, 0.3) is 0 Å². The molecule has 48 heavy (non-hydrogen) atoms. The van der Waals surface area contributed by atoms with Crippen molar-refractivity contribution in [1.29, 1.82) is 0 Å². The molecule has 0 aliphatic heterocycles. The number of thiol groups is 1. The largest absolute Gasteiger partial charge is 0.502 e. The Bertz CT molecular complexity index is 678. The van der Waals surface area contributed by atoms with Crippen molar-refractivity contribution in [2.24, 2.45) is 23.7 Å². The lowest BCUT2D eigenvalue weighted by Crippen LogP contribution is -2.16. The summed E-state index contributed by atoms with van der Waals surface area (Å²) in [5.74, 6) is 3.68. The summed E-state index contributed by atoms with van der Waals surface area (Å²) < 4.78 is 21.3. The Morgan fingerprint density at radius 2 is 1.02 bits per heavy atom. The molecule has 0 heterocycles. The van der Waals surface area contributed by atoms with Gasteiger partial charge in [-0.2, -0.15) is 12.6 Å². The first kappa shape index (κ1) is 51.5. The number of hydrogen-bond donors (Lipinski definition) is 1. The Labute approximate surface area is 308 Å². The van der Waals surface area contributed by atoms with Crippen LogP contribution in [-0.2, 0) is 28.5 Å². The molecule has 0 aromatic rings. The smallest absolute Gasteiger partial charge is 0.315 e. The molecule has 0 N–H and O–H groups in total. The van der Waals surface area contributed by atoms with Crippen LogP contribution in [0, 0.1) is 23.7 Å². The predicted molar refractivity (Wildman–Crippen MR) is 213 cm³/mol. The van der Waals surface area contributed by atoms with Crippen LogP contribution in [0.2, 0.25) is 0 Å². The quantitative estimate of drug-likeness (QED) is 0.0331. The third-order valence-electron chi connectivity index (χ3n) is 8.66. The lowest BCUT2D eigenvalue weighted by atomic mass is 10.0. The van der Waals surface area contributed by atoms with Gasteiger partial charge in [0.1, 0.15) is 0 Å². The molecule has 288 valence electrons. The van der Waals surface area contributed by atoms with Crippen LogP contribution in [0.15, 0.2) is 12.8 Å². The molecule has 4 atom stereocenters. The fourth-order valence-corrected chi connectivity index (χ4v) is 5.55. The van der Waals surface area contributed by atoms with Gasteiger partial charge in [-0.25, -0.2) is 0 Å². The Morgan fingerprint density at radius 3 is 1.40 bits per heavy atom. The maximum absolute atomic E-state index is 11.8. The first-order chi connectivity index (χ1) is 23.3. The van der Waals surface area contributed by atoms with Gasteiger partial charge in [0.2, 0.25) is 0 Å². The molecule has 0 aromatic carbocycles. The van der Waals surface area contributed by atoms with Gasteiger partial charge in [0.15, 0.2) is 0 Å². The van der Waals surface area contributed by atoms with Crippen LogP contribution >= 0.6 is 24.4 Å². The highest BCUT2D eigenvalue weighted by Gasteiger charge is 2.11. The molecule has 8 heteroatoms. The summed E-state index contributed by atoms with van der Waals surface area (Å²) >= 11 is 5.46. The van der Waals surface area contributed by atoms with Crippen LogP contribution in [0.5, 0.6) is 0 Å². The van der Waals surface area contributed by atoms with Gasteiger partial charge in [-0.1, -0.05) is 139 Å². The summed E-state index contributed by atoms with van der Waals surface area (Å²) in [6.45, 7) is 24.7. The zero-order chi connectivity index (χ0) is 36.7. The normalized spacial score (nSPS) is 13.1. The molecule has 6 nitrogen and oxygen atoms in total. The predicted octanol–water partition coefficient (Wildman–Crippen LogP) is 11.8. The molecule has 0 amide bonds. The lowest BCUT2D eigenvalue weighted by Gasteiger charge is -2.15. The summed E-state index contributed by atoms with van der Waals surface area (Å²) in [7, 11) is 0. The highest BCUT2D eigenvalue weighted by atomic mass is 32.2. The number of hydrogen-bond acceptors (Lipinski definition) is 8. The maximum atomic E-state index is 11.8. The van der Waals surface area contributed by atoms with Crippen LogP contribution < -0.4 is 0 Å². The van der Waals surface area contributed by atoms with E-state index < -0.39 is 0 Å². The minimum absolute atomic E-state index is 0.0793. The molecule has 0 bridgehead atoms. The SMILES string of the molecule is C=COCC(CC)CCCC.CCCCC(CC)COC(=O)CS.CCCCC(CC)COCCSCC(=O)OCC(CC)CCCC. The Hall–Kier alpha value is -0.860. The minimum Gasteiger partial charge on any atom is -0.502 e. The second-order valence-corrected chi connectivity index (χ2v) is 14.2. The maximum Gasteiger partial charge on any atom is 0.315 e. The highest BCUT2D eigenvalue weighted by molar-refractivity contribution is 7.99. The fraction of sp³-hybridized carbons (Fsp3) is 0.900. The molecular weight excluding hydrogens is 641 g/mol. The molecule has 0 radical (unpaired) electrons. The van der Waals surface area contributed by atoms with Crippen LogP contribution in [-0.4, -0.2) is 62.2 Å². The topological polar surface area (TPSA) is 71.1 Å². The van der Waals surface area contributed by atoms with E-state index in [4.69, 9.17) is 18.9 Å². The third kappa shape index (κ3) is 38.0. The molecule has 0 rings (SSSR count). The van der Waals surface area contributed by atoms with E-state index in [1.54, 1.807) is 11.8 Å². The summed E-state index contributed by atoms with van der Waals surface area (Å²) in [5.41, 5.74) is 0. The third-order valence-corrected chi connectivity index (χ3v) is 9.81. The van der Waals surface area contributed by atoms with E-state index in [2.05, 4.69) is 74.6 Å². The van der Waals surface area contributed by atoms with E-state index in [9.17, 15) is 9.59 Å². The Kier molecular flexibility index (Phi) is 45.4. The van der Waals surface area contributed by atoms with E-state index in [0.29, 0.717) is 36.7 Å². The molecular formula is C40H80O6S2. The van der Waals surface area contributed by atoms with E-state index >= 15 is 0 Å². The second kappa shape index (κ2) is 42.3. The van der Waals surface area contributed by atoms with Crippen molar-refractivity contribution >= 4 is 36.3 Å². The molecule has 0 aromatic heterocycles. The Morgan fingerprint density at radius 1 is 0.625 bits per heavy atom. The highest BCUT2D eigenvalue weighted by Crippen LogP contribution is 2.16. The molecule has 0 saturated heterocycles. The standard InChI is InChI=1S/C20H40O3S.C10H20O2S.C10H20O/c1-5-9-11-18(7-3)15-22-13-14-24-17-20(21)23-16-19(8-4)12-10-6-2;1-3-5-6-9(4-2)7-12-10(11)8-13;1-4-7-8-10(5-2)9-11-6-3/h18-19H,5-17H2,1-4H3;9,13H,3-8H2,1-2H3;6,10H,3-5,7-9H2,1-2H3. The van der Waals surface area contributed by atoms with Gasteiger partial charge in [0.25, 0.3) is 0 Å². The molecule has 4 unspecified atom stereocenters. The van der Waals surface area contributed by atoms with Crippen LogP contribution in [0.1, 0.15) is 158 Å². The van der Waals surface area contributed by atoms with Gasteiger partial charge in [-0.3, -0.25) is 9.59 Å². The minimum atomic E-state index is -0.210. The molecule has 0 fully saturated rings. The van der Waals surface area contributed by atoms with E-state index in [0.717, 1.165) is 57.2 Å². The zero-order valence-electron chi connectivity index (χ0n) is 32.9. The number of ether oxygens (including phenoxy) is 4. The Balaban J connectivity index is -0.000000707.